The van der Waals surface area contributed by atoms with E-state index < -0.39 is 0 Å². The topological polar surface area (TPSA) is 33.0 Å². The molecule has 0 saturated heterocycles. The van der Waals surface area contributed by atoms with Crippen molar-refractivity contribution in [2.24, 2.45) is 0 Å². The molecule has 0 spiro atoms. The van der Waals surface area contributed by atoms with Crippen LogP contribution in [0.15, 0.2) is 40.6 Å². The van der Waals surface area contributed by atoms with Gasteiger partial charge in [-0.05, 0) is 36.6 Å². The second kappa shape index (κ2) is 6.11. The van der Waals surface area contributed by atoms with Crippen LogP contribution in [0.25, 0.3) is 0 Å². The SMILES string of the molecule is CCOc1ccc(SC=CC#N)cc1. The maximum atomic E-state index is 8.29. The predicted molar refractivity (Wildman–Crippen MR) is 58.2 cm³/mol. The van der Waals surface area contributed by atoms with E-state index in [1.165, 1.54) is 17.8 Å². The third-order valence-electron chi connectivity index (χ3n) is 1.48. The van der Waals surface area contributed by atoms with Crippen molar-refractivity contribution in [1.82, 2.24) is 0 Å². The molecule has 1 rings (SSSR count). The number of hydrogen-bond donors (Lipinski definition) is 0. The zero-order valence-electron chi connectivity index (χ0n) is 7.93. The van der Waals surface area contributed by atoms with Gasteiger partial charge in [-0.1, -0.05) is 11.8 Å². The van der Waals surface area contributed by atoms with Crippen LogP contribution in [-0.4, -0.2) is 6.61 Å². The van der Waals surface area contributed by atoms with E-state index in [2.05, 4.69) is 0 Å². The van der Waals surface area contributed by atoms with Crippen LogP contribution in [0.4, 0.5) is 0 Å². The van der Waals surface area contributed by atoms with E-state index in [9.17, 15) is 0 Å². The lowest BCUT2D eigenvalue weighted by Gasteiger charge is -2.02. The Kier molecular flexibility index (Phi) is 4.66. The molecule has 1 aromatic rings. The fraction of sp³-hybridized carbons (Fsp3) is 0.182. The Morgan fingerprint density at radius 1 is 1.43 bits per heavy atom. The van der Waals surface area contributed by atoms with Gasteiger partial charge in [-0.15, -0.1) is 0 Å². The first-order valence-electron chi connectivity index (χ1n) is 4.31. The first-order chi connectivity index (χ1) is 6.86. The van der Waals surface area contributed by atoms with Crippen molar-refractivity contribution in [2.75, 3.05) is 6.61 Å². The van der Waals surface area contributed by atoms with E-state index >= 15 is 0 Å². The lowest BCUT2D eigenvalue weighted by molar-refractivity contribution is 0.340. The fourth-order valence-electron chi connectivity index (χ4n) is 0.924. The van der Waals surface area contributed by atoms with Gasteiger partial charge in [0.05, 0.1) is 12.7 Å². The van der Waals surface area contributed by atoms with Crippen LogP contribution in [0.2, 0.25) is 0 Å². The highest BCUT2D eigenvalue weighted by Crippen LogP contribution is 2.21. The Labute approximate surface area is 88.2 Å². The van der Waals surface area contributed by atoms with Gasteiger partial charge >= 0.3 is 0 Å². The highest BCUT2D eigenvalue weighted by molar-refractivity contribution is 8.02. The van der Waals surface area contributed by atoms with E-state index in [4.69, 9.17) is 10.00 Å². The fourth-order valence-corrected chi connectivity index (χ4v) is 1.50. The maximum Gasteiger partial charge on any atom is 0.119 e. The standard InChI is InChI=1S/C11H11NOS/c1-2-13-10-4-6-11(7-5-10)14-9-3-8-12/h3-7,9H,2H2,1H3. The molecule has 14 heavy (non-hydrogen) atoms. The molecule has 0 aliphatic carbocycles. The lowest BCUT2D eigenvalue weighted by atomic mass is 10.3. The number of hydrogen-bond acceptors (Lipinski definition) is 3. The van der Waals surface area contributed by atoms with Gasteiger partial charge in [-0.2, -0.15) is 5.26 Å². The first-order valence-corrected chi connectivity index (χ1v) is 5.19. The predicted octanol–water partition coefficient (Wildman–Crippen LogP) is 3.21. The summed E-state index contributed by atoms with van der Waals surface area (Å²) in [6, 6.07) is 9.73. The van der Waals surface area contributed by atoms with Crippen molar-refractivity contribution < 1.29 is 4.74 Å². The Morgan fingerprint density at radius 2 is 2.14 bits per heavy atom. The summed E-state index contributed by atoms with van der Waals surface area (Å²) in [4.78, 5) is 1.10. The summed E-state index contributed by atoms with van der Waals surface area (Å²) in [5, 5.41) is 10.0. The van der Waals surface area contributed by atoms with Crippen LogP contribution in [0, 0.1) is 11.3 Å². The molecule has 0 aliphatic rings. The van der Waals surface area contributed by atoms with E-state index in [0.29, 0.717) is 6.61 Å². The van der Waals surface area contributed by atoms with Gasteiger partial charge in [-0.25, -0.2) is 0 Å². The summed E-state index contributed by atoms with van der Waals surface area (Å²) in [6.07, 6.45) is 1.46. The normalized spacial score (nSPS) is 10.0. The largest absolute Gasteiger partial charge is 0.494 e. The summed E-state index contributed by atoms with van der Waals surface area (Å²) in [5.41, 5.74) is 0. The Balaban J connectivity index is 2.56. The molecule has 2 nitrogen and oxygen atoms in total. The average molecular weight is 205 g/mol. The monoisotopic (exact) mass is 205 g/mol. The molecule has 0 fully saturated rings. The summed E-state index contributed by atoms with van der Waals surface area (Å²) >= 11 is 1.51. The van der Waals surface area contributed by atoms with Gasteiger partial charge in [0.25, 0.3) is 0 Å². The summed E-state index contributed by atoms with van der Waals surface area (Å²) in [6.45, 7) is 2.64. The zero-order chi connectivity index (χ0) is 10.2. The number of nitrogens with zero attached hydrogens (tertiary/aromatic N) is 1. The molecule has 0 aromatic heterocycles. The summed E-state index contributed by atoms with van der Waals surface area (Å²) in [7, 11) is 0. The van der Waals surface area contributed by atoms with E-state index in [0.717, 1.165) is 10.6 Å². The number of benzene rings is 1. The molecule has 0 bridgehead atoms. The van der Waals surface area contributed by atoms with E-state index in [1.807, 2.05) is 37.3 Å². The highest BCUT2D eigenvalue weighted by atomic mass is 32.2. The summed E-state index contributed by atoms with van der Waals surface area (Å²) in [5.74, 6) is 0.876. The van der Waals surface area contributed by atoms with Crippen molar-refractivity contribution >= 4 is 11.8 Å². The van der Waals surface area contributed by atoms with Crippen molar-refractivity contribution in [3.05, 3.63) is 35.7 Å². The van der Waals surface area contributed by atoms with Crippen LogP contribution >= 0.6 is 11.8 Å². The van der Waals surface area contributed by atoms with Crippen LogP contribution in [-0.2, 0) is 0 Å². The smallest absolute Gasteiger partial charge is 0.119 e. The van der Waals surface area contributed by atoms with Crippen molar-refractivity contribution in [3.63, 3.8) is 0 Å². The number of rotatable bonds is 4. The number of allylic oxidation sites excluding steroid dienone is 1. The Morgan fingerprint density at radius 3 is 2.71 bits per heavy atom. The third kappa shape index (κ3) is 3.55. The van der Waals surface area contributed by atoms with Gasteiger partial charge in [-0.3, -0.25) is 0 Å². The molecule has 0 N–H and O–H groups in total. The molecule has 0 unspecified atom stereocenters. The molecule has 0 aliphatic heterocycles. The number of nitriles is 1. The van der Waals surface area contributed by atoms with Crippen LogP contribution in [0.3, 0.4) is 0 Å². The lowest BCUT2D eigenvalue weighted by Crippen LogP contribution is -1.89. The molecule has 0 saturated carbocycles. The summed E-state index contributed by atoms with van der Waals surface area (Å²) < 4.78 is 5.31. The quantitative estimate of drug-likeness (QED) is 0.559. The molecular formula is C11H11NOS. The minimum Gasteiger partial charge on any atom is -0.494 e. The second-order valence-corrected chi connectivity index (χ2v) is 3.43. The molecule has 1 aromatic carbocycles. The van der Waals surface area contributed by atoms with Crippen LogP contribution in [0.1, 0.15) is 6.92 Å². The Hall–Kier alpha value is -1.40. The zero-order valence-corrected chi connectivity index (χ0v) is 8.75. The van der Waals surface area contributed by atoms with Crippen molar-refractivity contribution in [1.29, 1.82) is 5.26 Å². The second-order valence-electron chi connectivity index (χ2n) is 2.45. The Bertz CT molecular complexity index is 337. The van der Waals surface area contributed by atoms with E-state index in [-0.39, 0.29) is 0 Å². The molecule has 0 amide bonds. The number of ether oxygens (including phenoxy) is 1. The van der Waals surface area contributed by atoms with Crippen LogP contribution < -0.4 is 4.74 Å². The molecule has 72 valence electrons. The van der Waals surface area contributed by atoms with Crippen molar-refractivity contribution in [3.8, 4) is 11.8 Å². The van der Waals surface area contributed by atoms with Crippen LogP contribution in [0.5, 0.6) is 5.75 Å². The minimum atomic E-state index is 0.681. The number of thioether (sulfide) groups is 1. The minimum absolute atomic E-state index is 0.681. The molecule has 0 heterocycles. The average Bonchev–Trinajstić information content (AvgIpc) is 2.21. The highest BCUT2D eigenvalue weighted by Gasteiger charge is 1.92. The van der Waals surface area contributed by atoms with Gasteiger partial charge in [0.15, 0.2) is 0 Å². The maximum absolute atomic E-state index is 8.29. The van der Waals surface area contributed by atoms with E-state index in [1.54, 1.807) is 5.41 Å². The van der Waals surface area contributed by atoms with Gasteiger partial charge < -0.3 is 4.74 Å². The third-order valence-corrected chi connectivity index (χ3v) is 2.30. The van der Waals surface area contributed by atoms with Gasteiger partial charge in [0.2, 0.25) is 0 Å². The van der Waals surface area contributed by atoms with Gasteiger partial charge in [0, 0.05) is 11.0 Å². The van der Waals surface area contributed by atoms with Crippen molar-refractivity contribution in [2.45, 2.75) is 11.8 Å². The molecule has 3 heteroatoms. The molecule has 0 radical (unpaired) electrons. The first kappa shape index (κ1) is 10.7. The molecular weight excluding hydrogens is 194 g/mol. The van der Waals surface area contributed by atoms with Gasteiger partial charge in [0.1, 0.15) is 5.75 Å². The molecule has 0 atom stereocenters.